The van der Waals surface area contributed by atoms with E-state index in [0.29, 0.717) is 32.5 Å². The van der Waals surface area contributed by atoms with Crippen LogP contribution in [0, 0.1) is 0 Å². The number of carbonyl (C=O) groups excluding carboxylic acids is 2. The Morgan fingerprint density at radius 2 is 2.04 bits per heavy atom. The lowest BCUT2D eigenvalue weighted by Gasteiger charge is -2.40. The fourth-order valence-electron chi connectivity index (χ4n) is 3.21. The van der Waals surface area contributed by atoms with Crippen molar-refractivity contribution in [1.29, 1.82) is 0 Å². The number of piperidine rings is 1. The molecule has 0 radical (unpaired) electrons. The van der Waals surface area contributed by atoms with E-state index in [0.717, 1.165) is 24.3 Å². The first-order valence-corrected chi connectivity index (χ1v) is 8.65. The molecule has 1 aromatic heterocycles. The van der Waals surface area contributed by atoms with E-state index in [9.17, 15) is 18.4 Å². The van der Waals surface area contributed by atoms with Crippen LogP contribution in [0.5, 0.6) is 0 Å². The lowest BCUT2D eigenvalue weighted by molar-refractivity contribution is 0.0634. The van der Waals surface area contributed by atoms with Crippen LogP contribution in [0.2, 0.25) is 0 Å². The molecule has 1 N–H and O–H groups in total. The molecule has 23 heavy (non-hydrogen) atoms. The molecule has 3 rings (SSSR count). The largest absolute Gasteiger partial charge is 0.338 e. The first-order valence-electron chi connectivity index (χ1n) is 7.77. The van der Waals surface area contributed by atoms with Crippen molar-refractivity contribution in [2.24, 2.45) is 0 Å². The van der Waals surface area contributed by atoms with Gasteiger partial charge in [0.2, 0.25) is 0 Å². The van der Waals surface area contributed by atoms with E-state index < -0.39 is 6.43 Å². The molecule has 8 heteroatoms. The van der Waals surface area contributed by atoms with E-state index in [1.54, 1.807) is 4.90 Å². The number of urea groups is 1. The van der Waals surface area contributed by atoms with Crippen LogP contribution in [0.15, 0.2) is 11.4 Å². The topological polar surface area (TPSA) is 52.7 Å². The fraction of sp³-hybridized carbons (Fsp3) is 0.600. The number of nitrogens with one attached hydrogen (secondary N) is 1. The highest BCUT2D eigenvalue weighted by molar-refractivity contribution is 7.10. The number of nitrogens with zero attached hydrogens (tertiary/aromatic N) is 2. The van der Waals surface area contributed by atoms with Gasteiger partial charge in [-0.1, -0.05) is 0 Å². The fourth-order valence-corrected chi connectivity index (χ4v) is 3.95. The van der Waals surface area contributed by atoms with Gasteiger partial charge in [0.25, 0.3) is 12.3 Å². The van der Waals surface area contributed by atoms with Crippen molar-refractivity contribution >= 4 is 23.3 Å². The summed E-state index contributed by atoms with van der Waals surface area (Å²) in [5.41, 5.74) is 0.110. The molecule has 2 aliphatic heterocycles. The molecule has 2 fully saturated rings. The Hall–Kier alpha value is -1.70. The van der Waals surface area contributed by atoms with Gasteiger partial charge in [-0.2, -0.15) is 0 Å². The van der Waals surface area contributed by atoms with Crippen molar-refractivity contribution in [3.8, 4) is 0 Å². The molecule has 0 unspecified atom stereocenters. The van der Waals surface area contributed by atoms with E-state index in [4.69, 9.17) is 0 Å². The molecule has 0 spiro atoms. The van der Waals surface area contributed by atoms with E-state index in [2.05, 4.69) is 5.32 Å². The average molecular weight is 343 g/mol. The maximum atomic E-state index is 12.9. The number of amides is 3. The van der Waals surface area contributed by atoms with Crippen LogP contribution < -0.4 is 5.32 Å². The molecule has 0 saturated carbocycles. The SMILES string of the molecule is O=C(c1ccsc1C(F)F)N1CCC(N2CCCNC2=O)CC1. The van der Waals surface area contributed by atoms with Gasteiger partial charge in [-0.15, -0.1) is 11.3 Å². The van der Waals surface area contributed by atoms with Gasteiger partial charge in [-0.3, -0.25) is 4.79 Å². The maximum Gasteiger partial charge on any atom is 0.317 e. The number of halogens is 2. The second kappa shape index (κ2) is 6.82. The lowest BCUT2D eigenvalue weighted by atomic mass is 10.0. The van der Waals surface area contributed by atoms with Crippen molar-refractivity contribution in [3.05, 3.63) is 21.9 Å². The summed E-state index contributed by atoms with van der Waals surface area (Å²) in [5, 5.41) is 4.36. The van der Waals surface area contributed by atoms with E-state index in [-0.39, 0.29) is 28.4 Å². The Kier molecular flexibility index (Phi) is 4.79. The molecule has 3 heterocycles. The van der Waals surface area contributed by atoms with Crippen LogP contribution >= 0.6 is 11.3 Å². The Morgan fingerprint density at radius 1 is 1.30 bits per heavy atom. The average Bonchev–Trinajstić information content (AvgIpc) is 3.05. The minimum absolute atomic E-state index is 0.0427. The summed E-state index contributed by atoms with van der Waals surface area (Å²) in [5.74, 6) is -0.330. The Morgan fingerprint density at radius 3 is 2.70 bits per heavy atom. The zero-order chi connectivity index (χ0) is 16.4. The number of hydrogen-bond acceptors (Lipinski definition) is 3. The molecule has 0 aliphatic carbocycles. The second-order valence-corrected chi connectivity index (χ2v) is 6.75. The van der Waals surface area contributed by atoms with Gasteiger partial charge in [-0.25, -0.2) is 13.6 Å². The van der Waals surface area contributed by atoms with Gasteiger partial charge in [-0.05, 0) is 30.7 Å². The summed E-state index contributed by atoms with van der Waals surface area (Å²) in [4.78, 5) is 27.6. The van der Waals surface area contributed by atoms with Gasteiger partial charge in [0.1, 0.15) is 0 Å². The second-order valence-electron chi connectivity index (χ2n) is 5.80. The van der Waals surface area contributed by atoms with Crippen LogP contribution in [0.4, 0.5) is 13.6 Å². The summed E-state index contributed by atoms with van der Waals surface area (Å²) < 4.78 is 25.8. The first-order chi connectivity index (χ1) is 11.1. The summed E-state index contributed by atoms with van der Waals surface area (Å²) in [6.07, 6.45) is -0.318. The molecular weight excluding hydrogens is 324 g/mol. The molecule has 2 aliphatic rings. The quantitative estimate of drug-likeness (QED) is 0.917. The van der Waals surface area contributed by atoms with Crippen LogP contribution in [-0.2, 0) is 0 Å². The monoisotopic (exact) mass is 343 g/mol. The molecule has 0 aromatic carbocycles. The van der Waals surface area contributed by atoms with Crippen LogP contribution in [-0.4, -0.2) is 54.0 Å². The molecular formula is C15H19F2N3O2S. The van der Waals surface area contributed by atoms with Crippen LogP contribution in [0.1, 0.15) is 40.9 Å². The highest BCUT2D eigenvalue weighted by Crippen LogP contribution is 2.30. The van der Waals surface area contributed by atoms with Crippen molar-refractivity contribution < 1.29 is 18.4 Å². The summed E-state index contributed by atoms with van der Waals surface area (Å²) >= 11 is 0.915. The third kappa shape index (κ3) is 3.31. The molecule has 0 atom stereocenters. The highest BCUT2D eigenvalue weighted by Gasteiger charge is 2.32. The number of rotatable bonds is 3. The van der Waals surface area contributed by atoms with Gasteiger partial charge < -0.3 is 15.1 Å². The van der Waals surface area contributed by atoms with Crippen molar-refractivity contribution in [3.63, 3.8) is 0 Å². The van der Waals surface area contributed by atoms with Crippen LogP contribution in [0.25, 0.3) is 0 Å². The zero-order valence-corrected chi connectivity index (χ0v) is 13.5. The molecule has 5 nitrogen and oxygen atoms in total. The normalized spacial score (nSPS) is 20.0. The summed E-state index contributed by atoms with van der Waals surface area (Å²) in [7, 11) is 0. The highest BCUT2D eigenvalue weighted by atomic mass is 32.1. The van der Waals surface area contributed by atoms with Gasteiger partial charge in [0.05, 0.1) is 10.4 Å². The van der Waals surface area contributed by atoms with Crippen LogP contribution in [0.3, 0.4) is 0 Å². The number of carbonyl (C=O) groups is 2. The Balaban J connectivity index is 1.61. The van der Waals surface area contributed by atoms with E-state index >= 15 is 0 Å². The maximum absolute atomic E-state index is 12.9. The van der Waals surface area contributed by atoms with Gasteiger partial charge in [0, 0.05) is 32.2 Å². The summed E-state index contributed by atoms with van der Waals surface area (Å²) in [6, 6.07) is 1.55. The predicted octanol–water partition coefficient (Wildman–Crippen LogP) is 2.71. The molecule has 2 saturated heterocycles. The molecule has 126 valence electrons. The molecule has 3 amide bonds. The third-order valence-corrected chi connectivity index (χ3v) is 5.35. The third-order valence-electron chi connectivity index (χ3n) is 4.43. The number of thiophene rings is 1. The molecule has 1 aromatic rings. The lowest BCUT2D eigenvalue weighted by Crippen LogP contribution is -2.54. The molecule has 0 bridgehead atoms. The van der Waals surface area contributed by atoms with Crippen molar-refractivity contribution in [1.82, 2.24) is 15.1 Å². The zero-order valence-electron chi connectivity index (χ0n) is 12.6. The minimum Gasteiger partial charge on any atom is -0.338 e. The van der Waals surface area contributed by atoms with Gasteiger partial charge >= 0.3 is 6.03 Å². The van der Waals surface area contributed by atoms with Crippen molar-refractivity contribution in [2.75, 3.05) is 26.2 Å². The number of likely N-dealkylation sites (tertiary alicyclic amines) is 1. The van der Waals surface area contributed by atoms with E-state index in [1.807, 2.05) is 4.90 Å². The van der Waals surface area contributed by atoms with Crippen molar-refractivity contribution in [2.45, 2.75) is 31.7 Å². The first kappa shape index (κ1) is 16.2. The van der Waals surface area contributed by atoms with E-state index in [1.165, 1.54) is 11.4 Å². The Bertz CT molecular complexity index is 585. The minimum atomic E-state index is -2.62. The number of hydrogen-bond donors (Lipinski definition) is 1. The summed E-state index contributed by atoms with van der Waals surface area (Å²) in [6.45, 7) is 2.43. The Labute approximate surface area is 137 Å². The standard InChI is InChI=1S/C15H19F2N3O2S/c16-13(17)12-11(4-9-23-12)14(21)19-7-2-10(3-8-19)20-6-1-5-18-15(20)22/h4,9-10,13H,1-3,5-8H2,(H,18,22). The smallest absolute Gasteiger partial charge is 0.317 e. The van der Waals surface area contributed by atoms with Gasteiger partial charge in [0.15, 0.2) is 0 Å². The number of alkyl halides is 2. The predicted molar refractivity (Wildman–Crippen MR) is 82.9 cm³/mol.